The van der Waals surface area contributed by atoms with E-state index >= 15 is 0 Å². The van der Waals surface area contributed by atoms with Gasteiger partial charge in [-0.05, 0) is 50.3 Å². The topological polar surface area (TPSA) is 46.3 Å². The van der Waals surface area contributed by atoms with Gasteiger partial charge in [0.25, 0.3) is 5.91 Å². The molecule has 0 bridgehead atoms. The Kier molecular flexibility index (Phi) is 6.50. The lowest BCUT2D eigenvalue weighted by Crippen LogP contribution is -2.51. The van der Waals surface area contributed by atoms with Gasteiger partial charge in [0.05, 0.1) is 0 Å². The van der Waals surface area contributed by atoms with Crippen LogP contribution in [-0.4, -0.2) is 29.4 Å². The van der Waals surface area contributed by atoms with Crippen molar-refractivity contribution in [1.82, 2.24) is 4.90 Å². The van der Waals surface area contributed by atoms with Gasteiger partial charge in [-0.3, -0.25) is 4.79 Å². The van der Waals surface area contributed by atoms with Crippen LogP contribution in [-0.2, 0) is 6.42 Å². The third-order valence-corrected chi connectivity index (χ3v) is 4.03. The summed E-state index contributed by atoms with van der Waals surface area (Å²) in [5.74, 6) is 0.129. The second kappa shape index (κ2) is 7.65. The molecule has 2 rings (SSSR count). The molecule has 0 saturated carbocycles. The Morgan fingerprint density at radius 1 is 1.35 bits per heavy atom. The molecule has 0 aliphatic carbocycles. The summed E-state index contributed by atoms with van der Waals surface area (Å²) in [4.78, 5) is 14.6. The zero-order valence-corrected chi connectivity index (χ0v) is 13.2. The average Bonchev–Trinajstić information content (AvgIpc) is 2.46. The highest BCUT2D eigenvalue weighted by Gasteiger charge is 2.29. The van der Waals surface area contributed by atoms with Crippen molar-refractivity contribution in [1.29, 1.82) is 0 Å². The number of nitrogens with two attached hydrogens (primary N) is 1. The molecule has 4 heteroatoms. The van der Waals surface area contributed by atoms with E-state index in [0.29, 0.717) is 0 Å². The van der Waals surface area contributed by atoms with Crippen molar-refractivity contribution < 1.29 is 4.79 Å². The standard InChI is InChI=1S/C16H24N2O.ClH/c1-3-13-7-9-14(10-8-13)16(19)18-11-5-4-6-15(18)12(2)17;/h7-10,12,15H,3-6,11,17H2,1-2H3;1H. The van der Waals surface area contributed by atoms with E-state index in [0.717, 1.165) is 31.4 Å². The second-order valence-corrected chi connectivity index (χ2v) is 5.47. The first-order valence-corrected chi connectivity index (χ1v) is 7.29. The van der Waals surface area contributed by atoms with Crippen molar-refractivity contribution in [3.05, 3.63) is 35.4 Å². The Balaban J connectivity index is 0.00000200. The van der Waals surface area contributed by atoms with E-state index in [1.54, 1.807) is 0 Å². The Labute approximate surface area is 127 Å². The van der Waals surface area contributed by atoms with E-state index < -0.39 is 0 Å². The summed E-state index contributed by atoms with van der Waals surface area (Å²) in [7, 11) is 0. The summed E-state index contributed by atoms with van der Waals surface area (Å²) in [6.45, 7) is 4.95. The molecule has 1 aliphatic rings. The molecule has 2 N–H and O–H groups in total. The quantitative estimate of drug-likeness (QED) is 0.932. The van der Waals surface area contributed by atoms with Gasteiger partial charge in [-0.15, -0.1) is 12.4 Å². The molecule has 1 aromatic rings. The van der Waals surface area contributed by atoms with Crippen LogP contribution < -0.4 is 5.73 Å². The van der Waals surface area contributed by atoms with Crippen molar-refractivity contribution in [2.24, 2.45) is 5.73 Å². The largest absolute Gasteiger partial charge is 0.334 e. The molecular formula is C16H25ClN2O. The van der Waals surface area contributed by atoms with Gasteiger partial charge in [-0.25, -0.2) is 0 Å². The monoisotopic (exact) mass is 296 g/mol. The first kappa shape index (κ1) is 17.0. The average molecular weight is 297 g/mol. The van der Waals surface area contributed by atoms with Crippen LogP contribution in [0.1, 0.15) is 49.0 Å². The van der Waals surface area contributed by atoms with Crippen molar-refractivity contribution in [2.45, 2.75) is 51.6 Å². The third-order valence-electron chi connectivity index (χ3n) is 4.03. The van der Waals surface area contributed by atoms with E-state index in [1.165, 1.54) is 12.0 Å². The number of hydrogen-bond donors (Lipinski definition) is 1. The van der Waals surface area contributed by atoms with Crippen LogP contribution in [0.4, 0.5) is 0 Å². The summed E-state index contributed by atoms with van der Waals surface area (Å²) in [5, 5.41) is 0. The molecule has 0 spiro atoms. The van der Waals surface area contributed by atoms with Crippen molar-refractivity contribution in [3.8, 4) is 0 Å². The highest BCUT2D eigenvalue weighted by molar-refractivity contribution is 5.94. The highest BCUT2D eigenvalue weighted by Crippen LogP contribution is 2.21. The Morgan fingerprint density at radius 2 is 2.00 bits per heavy atom. The molecule has 0 radical (unpaired) electrons. The molecular weight excluding hydrogens is 272 g/mol. The number of hydrogen-bond acceptors (Lipinski definition) is 2. The molecule has 1 aliphatic heterocycles. The molecule has 0 aromatic heterocycles. The predicted octanol–water partition coefficient (Wildman–Crippen LogP) is 3.01. The van der Waals surface area contributed by atoms with Crippen LogP contribution in [0.5, 0.6) is 0 Å². The van der Waals surface area contributed by atoms with Crippen molar-refractivity contribution >= 4 is 18.3 Å². The maximum atomic E-state index is 12.6. The van der Waals surface area contributed by atoms with Crippen LogP contribution >= 0.6 is 12.4 Å². The Morgan fingerprint density at radius 3 is 2.55 bits per heavy atom. The number of nitrogens with zero attached hydrogens (tertiary/aromatic N) is 1. The zero-order chi connectivity index (χ0) is 13.8. The number of piperidine rings is 1. The number of halogens is 1. The molecule has 112 valence electrons. The minimum atomic E-state index is 0. The number of amides is 1. The fraction of sp³-hybridized carbons (Fsp3) is 0.562. The summed E-state index contributed by atoms with van der Waals surface area (Å²) in [5.41, 5.74) is 8.07. The number of benzene rings is 1. The van der Waals surface area contributed by atoms with E-state index in [9.17, 15) is 4.79 Å². The molecule has 1 heterocycles. The van der Waals surface area contributed by atoms with Gasteiger partial charge in [0.15, 0.2) is 0 Å². The van der Waals surface area contributed by atoms with Crippen molar-refractivity contribution in [3.63, 3.8) is 0 Å². The number of rotatable bonds is 3. The van der Waals surface area contributed by atoms with Crippen LogP contribution in [0.25, 0.3) is 0 Å². The normalized spacial score (nSPS) is 20.1. The van der Waals surface area contributed by atoms with E-state index in [2.05, 4.69) is 6.92 Å². The number of carbonyl (C=O) groups is 1. The number of carbonyl (C=O) groups excluding carboxylic acids is 1. The van der Waals surface area contributed by atoms with Crippen LogP contribution in [0.2, 0.25) is 0 Å². The van der Waals surface area contributed by atoms with E-state index in [4.69, 9.17) is 5.73 Å². The lowest BCUT2D eigenvalue weighted by atomic mass is 9.96. The molecule has 1 aromatic carbocycles. The Bertz CT molecular complexity index is 431. The van der Waals surface area contributed by atoms with Crippen molar-refractivity contribution in [2.75, 3.05) is 6.54 Å². The smallest absolute Gasteiger partial charge is 0.254 e. The molecule has 1 fully saturated rings. The van der Waals surface area contributed by atoms with Gasteiger partial charge in [0.1, 0.15) is 0 Å². The van der Waals surface area contributed by atoms with Crippen LogP contribution in [0.15, 0.2) is 24.3 Å². The SMILES string of the molecule is CCc1ccc(C(=O)N2CCCCC2C(C)N)cc1.Cl. The van der Waals surface area contributed by atoms with Gasteiger partial charge in [-0.2, -0.15) is 0 Å². The maximum Gasteiger partial charge on any atom is 0.254 e. The fourth-order valence-corrected chi connectivity index (χ4v) is 2.81. The highest BCUT2D eigenvalue weighted by atomic mass is 35.5. The zero-order valence-electron chi connectivity index (χ0n) is 12.3. The second-order valence-electron chi connectivity index (χ2n) is 5.47. The molecule has 3 nitrogen and oxygen atoms in total. The first-order valence-electron chi connectivity index (χ1n) is 7.29. The summed E-state index contributed by atoms with van der Waals surface area (Å²) >= 11 is 0. The summed E-state index contributed by atoms with van der Waals surface area (Å²) < 4.78 is 0. The molecule has 1 saturated heterocycles. The summed E-state index contributed by atoms with van der Waals surface area (Å²) in [6.07, 6.45) is 4.28. The van der Waals surface area contributed by atoms with E-state index in [-0.39, 0.29) is 30.4 Å². The van der Waals surface area contributed by atoms with Gasteiger partial charge in [0, 0.05) is 24.2 Å². The van der Waals surface area contributed by atoms with Crippen LogP contribution in [0, 0.1) is 0 Å². The minimum absolute atomic E-state index is 0. The molecule has 1 amide bonds. The van der Waals surface area contributed by atoms with Gasteiger partial charge in [-0.1, -0.05) is 19.1 Å². The van der Waals surface area contributed by atoms with Gasteiger partial charge >= 0.3 is 0 Å². The minimum Gasteiger partial charge on any atom is -0.334 e. The molecule has 2 unspecified atom stereocenters. The van der Waals surface area contributed by atoms with Gasteiger partial charge < -0.3 is 10.6 Å². The van der Waals surface area contributed by atoms with Gasteiger partial charge in [0.2, 0.25) is 0 Å². The number of likely N-dealkylation sites (tertiary alicyclic amines) is 1. The lowest BCUT2D eigenvalue weighted by Gasteiger charge is -2.38. The lowest BCUT2D eigenvalue weighted by molar-refractivity contribution is 0.0584. The molecule has 20 heavy (non-hydrogen) atoms. The maximum absolute atomic E-state index is 12.6. The number of aryl methyl sites for hydroxylation is 1. The third kappa shape index (κ3) is 3.74. The summed E-state index contributed by atoms with van der Waals surface area (Å²) in [6, 6.07) is 8.18. The fourth-order valence-electron chi connectivity index (χ4n) is 2.81. The molecule has 2 atom stereocenters. The first-order chi connectivity index (χ1) is 9.13. The predicted molar refractivity (Wildman–Crippen MR) is 85.4 cm³/mol. The van der Waals surface area contributed by atoms with Crippen LogP contribution in [0.3, 0.4) is 0 Å². The van der Waals surface area contributed by atoms with E-state index in [1.807, 2.05) is 36.1 Å². The Hall–Kier alpha value is -1.06.